The van der Waals surface area contributed by atoms with Crippen LogP contribution in [0.4, 0.5) is 8.78 Å². The molecule has 0 spiro atoms. The van der Waals surface area contributed by atoms with Crippen LogP contribution in [0.25, 0.3) is 0 Å². The smallest absolute Gasteiger partial charge is 0.241 e. The highest BCUT2D eigenvalue weighted by Gasteiger charge is 2.17. The highest BCUT2D eigenvalue weighted by atomic mass is 127. The van der Waals surface area contributed by atoms with Gasteiger partial charge in [-0.2, -0.15) is 0 Å². The number of hydrogen-bond acceptors (Lipinski definition) is 3. The zero-order valence-electron chi connectivity index (χ0n) is 6.42. The maximum Gasteiger partial charge on any atom is 0.280 e. The van der Waals surface area contributed by atoms with Gasteiger partial charge in [-0.3, -0.25) is 0 Å². The van der Waals surface area contributed by atoms with Gasteiger partial charge in [-0.15, -0.1) is 0 Å². The normalized spacial score (nSPS) is 12.1. The molecule has 1 aromatic heterocycles. The van der Waals surface area contributed by atoms with E-state index >= 15 is 0 Å². The first kappa shape index (κ1) is 12.1. The van der Waals surface area contributed by atoms with E-state index in [0.29, 0.717) is 0 Å². The van der Waals surface area contributed by atoms with Crippen LogP contribution < -0.4 is 0 Å². The van der Waals surface area contributed by atoms with Gasteiger partial charge in [0.05, 0.1) is 4.90 Å². The second kappa shape index (κ2) is 4.23. The summed E-state index contributed by atoms with van der Waals surface area (Å²) in [6.07, 6.45) is -2.82. The Hall–Kier alpha value is -0.0200. The van der Waals surface area contributed by atoms with Crippen LogP contribution in [0.1, 0.15) is 12.1 Å². The molecule has 0 aliphatic heterocycles. The number of nitrogens with zero attached hydrogens (tertiary/aromatic N) is 1. The first-order chi connectivity index (χ1) is 6.30. The first-order valence-electron chi connectivity index (χ1n) is 3.21. The molecule has 0 saturated carbocycles. The van der Waals surface area contributed by atoms with Gasteiger partial charge in [-0.25, -0.2) is 22.2 Å². The van der Waals surface area contributed by atoms with E-state index in [4.69, 9.17) is 10.7 Å². The maximum absolute atomic E-state index is 12.2. The topological polar surface area (TPSA) is 47.0 Å². The molecular formula is C6H3ClF2INO2S. The van der Waals surface area contributed by atoms with Crippen LogP contribution in [-0.2, 0) is 9.05 Å². The Morgan fingerprint density at radius 3 is 2.43 bits per heavy atom. The van der Waals surface area contributed by atoms with E-state index in [1.807, 2.05) is 0 Å². The van der Waals surface area contributed by atoms with Crippen LogP contribution in [0.2, 0.25) is 0 Å². The van der Waals surface area contributed by atoms with Gasteiger partial charge in [0.15, 0.2) is 0 Å². The highest BCUT2D eigenvalue weighted by Crippen LogP contribution is 2.23. The molecular weight excluding hydrogens is 350 g/mol. The van der Waals surface area contributed by atoms with E-state index in [0.717, 1.165) is 12.1 Å². The molecule has 0 radical (unpaired) electrons. The molecule has 0 N–H and O–H groups in total. The summed E-state index contributed by atoms with van der Waals surface area (Å²) in [5.74, 6) is 0. The van der Waals surface area contributed by atoms with Crippen molar-refractivity contribution in [1.29, 1.82) is 0 Å². The molecule has 3 nitrogen and oxygen atoms in total. The molecule has 1 rings (SSSR count). The van der Waals surface area contributed by atoms with E-state index in [9.17, 15) is 17.2 Å². The van der Waals surface area contributed by atoms with E-state index in [1.165, 1.54) is 0 Å². The van der Waals surface area contributed by atoms with Crippen molar-refractivity contribution < 1.29 is 17.2 Å². The van der Waals surface area contributed by atoms with Crippen molar-refractivity contribution in [2.45, 2.75) is 11.3 Å². The minimum absolute atomic E-state index is 0.152. The molecule has 14 heavy (non-hydrogen) atoms. The quantitative estimate of drug-likeness (QED) is 0.466. The molecule has 78 valence electrons. The predicted molar refractivity (Wildman–Crippen MR) is 54.9 cm³/mol. The van der Waals surface area contributed by atoms with Gasteiger partial charge in [0.2, 0.25) is 0 Å². The zero-order valence-corrected chi connectivity index (χ0v) is 10.1. The summed E-state index contributed by atoms with van der Waals surface area (Å²) in [4.78, 5) is 3.09. The number of pyridine rings is 1. The average Bonchev–Trinajstić information content (AvgIpc) is 2.01. The lowest BCUT2D eigenvalue weighted by Gasteiger charge is -2.02. The molecule has 0 saturated heterocycles. The third-order valence-electron chi connectivity index (χ3n) is 1.29. The summed E-state index contributed by atoms with van der Waals surface area (Å²) in [5, 5.41) is 0. The van der Waals surface area contributed by atoms with Gasteiger partial charge in [-0.1, -0.05) is 0 Å². The van der Waals surface area contributed by atoms with Gasteiger partial charge in [0.25, 0.3) is 15.5 Å². The van der Waals surface area contributed by atoms with Gasteiger partial charge >= 0.3 is 0 Å². The molecule has 0 bridgehead atoms. The van der Waals surface area contributed by atoms with Crippen LogP contribution in [0.5, 0.6) is 0 Å². The summed E-state index contributed by atoms with van der Waals surface area (Å²) in [6.45, 7) is 0. The number of rotatable bonds is 2. The lowest BCUT2D eigenvalue weighted by atomic mass is 10.4. The minimum Gasteiger partial charge on any atom is -0.241 e. The van der Waals surface area contributed by atoms with E-state index in [2.05, 4.69) is 4.98 Å². The Balaban J connectivity index is 3.35. The minimum atomic E-state index is -3.99. The molecule has 0 aliphatic rings. The standard InChI is InChI=1S/C6H3ClF2INO2S/c7-14(12,13)3-1-4(6(8)9)11-5(10)2-3/h1-2,6H. The Bertz CT molecular complexity index is 451. The average molecular weight is 354 g/mol. The zero-order chi connectivity index (χ0) is 10.9. The third kappa shape index (κ3) is 2.99. The Labute approximate surface area is 97.0 Å². The second-order valence-electron chi connectivity index (χ2n) is 2.29. The predicted octanol–water partition coefficient (Wildman–Crippen LogP) is 2.55. The number of alkyl halides is 2. The van der Waals surface area contributed by atoms with Crippen LogP contribution in [0.15, 0.2) is 17.0 Å². The van der Waals surface area contributed by atoms with Crippen LogP contribution in [0.3, 0.4) is 0 Å². The molecule has 1 aromatic rings. The number of halogens is 4. The highest BCUT2D eigenvalue weighted by molar-refractivity contribution is 14.1. The van der Waals surface area contributed by atoms with Gasteiger partial charge < -0.3 is 0 Å². The summed E-state index contributed by atoms with van der Waals surface area (Å²) in [5.41, 5.74) is -0.601. The third-order valence-corrected chi connectivity index (χ3v) is 3.18. The first-order valence-corrected chi connectivity index (χ1v) is 6.60. The molecule has 0 aromatic carbocycles. The lowest BCUT2D eigenvalue weighted by Crippen LogP contribution is -1.98. The second-order valence-corrected chi connectivity index (χ2v) is 5.96. The Morgan fingerprint density at radius 1 is 1.43 bits per heavy atom. The van der Waals surface area contributed by atoms with E-state index in [-0.39, 0.29) is 8.60 Å². The van der Waals surface area contributed by atoms with Crippen molar-refractivity contribution in [2.24, 2.45) is 0 Å². The van der Waals surface area contributed by atoms with Gasteiger partial charge in [-0.05, 0) is 34.7 Å². The molecule has 8 heteroatoms. The summed E-state index contributed by atoms with van der Waals surface area (Å²) in [6, 6.07) is 1.88. The van der Waals surface area contributed by atoms with Crippen LogP contribution in [0, 0.1) is 3.70 Å². The Morgan fingerprint density at radius 2 is 2.00 bits per heavy atom. The van der Waals surface area contributed by atoms with E-state index in [1.54, 1.807) is 22.6 Å². The fourth-order valence-corrected chi connectivity index (χ4v) is 2.35. The van der Waals surface area contributed by atoms with Crippen molar-refractivity contribution in [3.05, 3.63) is 21.5 Å². The number of aromatic nitrogens is 1. The molecule has 0 amide bonds. The largest absolute Gasteiger partial charge is 0.280 e. The van der Waals surface area contributed by atoms with Crippen LogP contribution in [-0.4, -0.2) is 13.4 Å². The van der Waals surface area contributed by atoms with Crippen molar-refractivity contribution >= 4 is 42.3 Å². The molecule has 0 aliphatic carbocycles. The summed E-state index contributed by atoms with van der Waals surface area (Å²) in [7, 11) is 1.02. The van der Waals surface area contributed by atoms with E-state index < -0.39 is 21.2 Å². The molecule has 0 fully saturated rings. The monoisotopic (exact) mass is 353 g/mol. The van der Waals surface area contributed by atoms with Gasteiger partial charge in [0.1, 0.15) is 9.39 Å². The summed E-state index contributed by atoms with van der Waals surface area (Å²) >= 11 is 1.64. The van der Waals surface area contributed by atoms with Crippen molar-refractivity contribution in [2.75, 3.05) is 0 Å². The molecule has 0 atom stereocenters. The maximum atomic E-state index is 12.2. The molecule has 1 heterocycles. The van der Waals surface area contributed by atoms with Crippen molar-refractivity contribution in [1.82, 2.24) is 4.98 Å². The van der Waals surface area contributed by atoms with Crippen molar-refractivity contribution in [3.8, 4) is 0 Å². The summed E-state index contributed by atoms with van der Waals surface area (Å²) < 4.78 is 46.3. The van der Waals surface area contributed by atoms with Crippen LogP contribution >= 0.6 is 33.3 Å². The fourth-order valence-electron chi connectivity index (χ4n) is 0.745. The number of hydrogen-bond donors (Lipinski definition) is 0. The molecule has 0 unspecified atom stereocenters. The fraction of sp³-hybridized carbons (Fsp3) is 0.167. The van der Waals surface area contributed by atoms with Gasteiger partial charge in [0, 0.05) is 10.7 Å². The SMILES string of the molecule is O=S(=O)(Cl)c1cc(I)nc(C(F)F)c1. The lowest BCUT2D eigenvalue weighted by molar-refractivity contribution is 0.145. The Kier molecular flexibility index (Phi) is 3.64. The van der Waals surface area contributed by atoms with Crippen molar-refractivity contribution in [3.63, 3.8) is 0 Å².